The molecule has 0 bridgehead atoms. The highest BCUT2D eigenvalue weighted by Crippen LogP contribution is 2.28. The molecule has 1 aliphatic heterocycles. The summed E-state index contributed by atoms with van der Waals surface area (Å²) in [4.78, 5) is 26.5. The average Bonchev–Trinajstić information content (AvgIpc) is 3.03. The van der Waals surface area contributed by atoms with Crippen LogP contribution < -0.4 is 15.0 Å². The summed E-state index contributed by atoms with van der Waals surface area (Å²) in [7, 11) is 1.60. The van der Waals surface area contributed by atoms with Crippen molar-refractivity contribution in [2.75, 3.05) is 25.1 Å². The van der Waals surface area contributed by atoms with Crippen LogP contribution in [0, 0.1) is 11.8 Å². The normalized spacial score (nSPS) is 18.3. The van der Waals surface area contributed by atoms with Gasteiger partial charge < -0.3 is 15.0 Å². The number of benzene rings is 1. The third-order valence-corrected chi connectivity index (χ3v) is 4.97. The number of amides is 2. The molecule has 1 fully saturated rings. The first-order valence-corrected chi connectivity index (χ1v) is 9.31. The van der Waals surface area contributed by atoms with Crippen molar-refractivity contribution in [1.29, 1.82) is 0 Å². The van der Waals surface area contributed by atoms with E-state index in [1.54, 1.807) is 12.0 Å². The minimum absolute atomic E-state index is 0.00584. The van der Waals surface area contributed by atoms with Crippen molar-refractivity contribution in [3.05, 3.63) is 24.3 Å². The van der Waals surface area contributed by atoms with Gasteiger partial charge in [0.05, 0.1) is 13.0 Å². The molecule has 138 valence electrons. The van der Waals surface area contributed by atoms with Crippen LogP contribution in [0.4, 0.5) is 5.69 Å². The van der Waals surface area contributed by atoms with E-state index in [4.69, 9.17) is 4.74 Å². The van der Waals surface area contributed by atoms with Gasteiger partial charge in [0, 0.05) is 31.3 Å². The van der Waals surface area contributed by atoms with E-state index < -0.39 is 0 Å². The lowest BCUT2D eigenvalue weighted by Crippen LogP contribution is -2.35. The molecule has 1 N–H and O–H groups in total. The lowest BCUT2D eigenvalue weighted by Gasteiger charge is -2.19. The number of hydrogen-bond acceptors (Lipinski definition) is 3. The maximum atomic E-state index is 12.5. The van der Waals surface area contributed by atoms with Gasteiger partial charge in [0.25, 0.3) is 0 Å². The van der Waals surface area contributed by atoms with Gasteiger partial charge in [-0.25, -0.2) is 0 Å². The Morgan fingerprint density at radius 2 is 2.20 bits per heavy atom. The maximum absolute atomic E-state index is 12.5. The van der Waals surface area contributed by atoms with E-state index >= 15 is 0 Å². The van der Waals surface area contributed by atoms with Gasteiger partial charge in [-0.05, 0) is 24.5 Å². The first kappa shape index (κ1) is 19.3. The fourth-order valence-corrected chi connectivity index (χ4v) is 3.24. The molecule has 5 nitrogen and oxygen atoms in total. The Morgan fingerprint density at radius 3 is 2.88 bits per heavy atom. The van der Waals surface area contributed by atoms with Crippen LogP contribution in [0.15, 0.2) is 24.3 Å². The van der Waals surface area contributed by atoms with Gasteiger partial charge in [-0.15, -0.1) is 0 Å². The molecule has 2 amide bonds. The van der Waals surface area contributed by atoms with Crippen LogP contribution in [-0.2, 0) is 9.59 Å². The average molecular weight is 346 g/mol. The van der Waals surface area contributed by atoms with Gasteiger partial charge in [-0.2, -0.15) is 0 Å². The Labute approximate surface area is 150 Å². The van der Waals surface area contributed by atoms with Gasteiger partial charge >= 0.3 is 0 Å². The zero-order chi connectivity index (χ0) is 18.2. The summed E-state index contributed by atoms with van der Waals surface area (Å²) in [6.07, 6.45) is 4.86. The largest absolute Gasteiger partial charge is 0.497 e. The Kier molecular flexibility index (Phi) is 7.29. The number of methoxy groups -OCH3 is 1. The van der Waals surface area contributed by atoms with Gasteiger partial charge in [0.15, 0.2) is 0 Å². The SMILES string of the molecule is CCCC[C@@H](CC)CNC(=O)[C@H]1CC(=O)N(c2cccc(OC)c2)C1. The van der Waals surface area contributed by atoms with Crippen LogP contribution in [0.5, 0.6) is 5.75 Å². The quantitative estimate of drug-likeness (QED) is 0.746. The molecule has 0 unspecified atom stereocenters. The fraction of sp³-hybridized carbons (Fsp3) is 0.600. The van der Waals surface area contributed by atoms with E-state index in [2.05, 4.69) is 19.2 Å². The molecular weight excluding hydrogens is 316 g/mol. The van der Waals surface area contributed by atoms with Crippen molar-refractivity contribution < 1.29 is 14.3 Å². The molecule has 0 saturated carbocycles. The summed E-state index contributed by atoms with van der Waals surface area (Å²) < 4.78 is 5.22. The number of carbonyl (C=O) groups excluding carboxylic acids is 2. The topological polar surface area (TPSA) is 58.6 Å². The van der Waals surface area contributed by atoms with Crippen molar-refractivity contribution in [3.63, 3.8) is 0 Å². The molecule has 0 aliphatic carbocycles. The number of ether oxygens (including phenoxy) is 1. The van der Waals surface area contributed by atoms with Crippen molar-refractivity contribution in [1.82, 2.24) is 5.32 Å². The second kappa shape index (κ2) is 9.44. The van der Waals surface area contributed by atoms with Crippen LogP contribution in [-0.4, -0.2) is 32.0 Å². The molecule has 1 aromatic rings. The molecule has 1 heterocycles. The lowest BCUT2D eigenvalue weighted by molar-refractivity contribution is -0.126. The number of rotatable bonds is 9. The maximum Gasteiger partial charge on any atom is 0.227 e. The molecule has 0 spiro atoms. The highest BCUT2D eigenvalue weighted by Gasteiger charge is 2.35. The third-order valence-electron chi connectivity index (χ3n) is 4.97. The van der Waals surface area contributed by atoms with Crippen LogP contribution in [0.2, 0.25) is 0 Å². The summed E-state index contributed by atoms with van der Waals surface area (Å²) in [6.45, 7) is 5.49. The predicted molar refractivity (Wildman–Crippen MR) is 99.8 cm³/mol. The van der Waals surface area contributed by atoms with Gasteiger partial charge in [0.1, 0.15) is 5.75 Å². The number of carbonyl (C=O) groups is 2. The first-order chi connectivity index (χ1) is 12.1. The molecule has 25 heavy (non-hydrogen) atoms. The van der Waals surface area contributed by atoms with Crippen molar-refractivity contribution in [2.45, 2.75) is 46.0 Å². The zero-order valence-electron chi connectivity index (χ0n) is 15.6. The fourth-order valence-electron chi connectivity index (χ4n) is 3.24. The molecule has 2 atom stereocenters. The van der Waals surface area contributed by atoms with Crippen molar-refractivity contribution in [2.24, 2.45) is 11.8 Å². The summed E-state index contributed by atoms with van der Waals surface area (Å²) in [5, 5.41) is 3.06. The molecule has 0 aromatic heterocycles. The van der Waals surface area contributed by atoms with E-state index in [0.29, 0.717) is 24.8 Å². The minimum atomic E-state index is -0.276. The lowest BCUT2D eigenvalue weighted by atomic mass is 9.99. The number of anilines is 1. The number of hydrogen-bond donors (Lipinski definition) is 1. The Hall–Kier alpha value is -2.04. The molecule has 5 heteroatoms. The first-order valence-electron chi connectivity index (χ1n) is 9.31. The second-order valence-corrected chi connectivity index (χ2v) is 6.77. The number of nitrogens with one attached hydrogen (secondary N) is 1. The summed E-state index contributed by atoms with van der Waals surface area (Å²) >= 11 is 0. The Bertz CT molecular complexity index is 588. The number of unbranched alkanes of at least 4 members (excludes halogenated alkanes) is 1. The van der Waals surface area contributed by atoms with E-state index in [1.165, 1.54) is 12.8 Å². The highest BCUT2D eigenvalue weighted by atomic mass is 16.5. The Balaban J connectivity index is 1.91. The molecule has 1 aliphatic rings. The van der Waals surface area contributed by atoms with Gasteiger partial charge in [-0.3, -0.25) is 9.59 Å². The van der Waals surface area contributed by atoms with Gasteiger partial charge in [0.2, 0.25) is 11.8 Å². The van der Waals surface area contributed by atoms with Crippen LogP contribution in [0.3, 0.4) is 0 Å². The number of nitrogens with zero attached hydrogens (tertiary/aromatic N) is 1. The predicted octanol–water partition coefficient (Wildman–Crippen LogP) is 3.38. The summed E-state index contributed by atoms with van der Waals surface area (Å²) in [5.41, 5.74) is 0.786. The van der Waals surface area contributed by atoms with E-state index in [-0.39, 0.29) is 24.2 Å². The molecule has 1 aromatic carbocycles. The van der Waals surface area contributed by atoms with Crippen LogP contribution in [0.1, 0.15) is 46.0 Å². The smallest absolute Gasteiger partial charge is 0.227 e. The van der Waals surface area contributed by atoms with Crippen molar-refractivity contribution >= 4 is 17.5 Å². The standard InChI is InChI=1S/C20H30N2O3/c1-4-6-8-15(5-2)13-21-20(24)16-11-19(23)22(14-16)17-9-7-10-18(12-17)25-3/h7,9-10,12,15-16H,4-6,8,11,13-14H2,1-3H3,(H,21,24)/t15-,16+/m1/s1. The second-order valence-electron chi connectivity index (χ2n) is 6.77. The minimum Gasteiger partial charge on any atom is -0.497 e. The van der Waals surface area contributed by atoms with Crippen molar-refractivity contribution in [3.8, 4) is 5.75 Å². The molecular formula is C20H30N2O3. The summed E-state index contributed by atoms with van der Waals surface area (Å²) in [5.74, 6) is 0.943. The summed E-state index contributed by atoms with van der Waals surface area (Å²) in [6, 6.07) is 7.40. The van der Waals surface area contributed by atoms with E-state index in [9.17, 15) is 9.59 Å². The monoisotopic (exact) mass is 346 g/mol. The van der Waals surface area contributed by atoms with Crippen LogP contribution >= 0.6 is 0 Å². The molecule has 1 saturated heterocycles. The molecule has 2 rings (SSSR count). The van der Waals surface area contributed by atoms with E-state index in [0.717, 1.165) is 18.5 Å². The Morgan fingerprint density at radius 1 is 1.40 bits per heavy atom. The molecule has 0 radical (unpaired) electrons. The third kappa shape index (κ3) is 5.21. The van der Waals surface area contributed by atoms with Gasteiger partial charge in [-0.1, -0.05) is 39.2 Å². The van der Waals surface area contributed by atoms with E-state index in [1.807, 2.05) is 24.3 Å². The highest BCUT2D eigenvalue weighted by molar-refractivity contribution is 6.00. The zero-order valence-corrected chi connectivity index (χ0v) is 15.6. The van der Waals surface area contributed by atoms with Crippen LogP contribution in [0.25, 0.3) is 0 Å².